The summed E-state index contributed by atoms with van der Waals surface area (Å²) in [6.45, 7) is 0. The zero-order valence-corrected chi connectivity index (χ0v) is 16.8. The molecular weight excluding hydrogens is 415 g/mol. The predicted molar refractivity (Wildman–Crippen MR) is 115 cm³/mol. The molecule has 6 rings (SSSR count). The Morgan fingerprint density at radius 2 is 1.61 bits per heavy atom. The first kappa shape index (κ1) is 18.1. The lowest BCUT2D eigenvalue weighted by Crippen LogP contribution is -2.31. The maximum atomic E-state index is 13.2. The summed E-state index contributed by atoms with van der Waals surface area (Å²) < 4.78 is 13.2. The van der Waals surface area contributed by atoms with E-state index in [4.69, 9.17) is 0 Å². The van der Waals surface area contributed by atoms with Crippen LogP contribution in [0.3, 0.4) is 0 Å². The topological polar surface area (TPSA) is 76.0 Å². The monoisotopic (exact) mass is 428 g/mol. The number of benzene rings is 3. The van der Waals surface area contributed by atoms with Crippen LogP contribution >= 0.6 is 11.8 Å². The van der Waals surface area contributed by atoms with Gasteiger partial charge in [-0.1, -0.05) is 48.2 Å². The third-order valence-electron chi connectivity index (χ3n) is 5.52. The van der Waals surface area contributed by atoms with Crippen LogP contribution in [0.1, 0.15) is 6.42 Å². The SMILES string of the molecule is O=C1CC(Sc2nnc3c(n2)-c2cccc4cccc-3c24)C(=O)N1c1ccc(F)cc1. The predicted octanol–water partition coefficient (Wildman–Crippen LogP) is 4.24. The number of carbonyl (C=O) groups excluding carboxylic acids is 2. The summed E-state index contributed by atoms with van der Waals surface area (Å²) in [6, 6.07) is 17.3. The average Bonchev–Trinajstić information content (AvgIpc) is 3.24. The summed E-state index contributed by atoms with van der Waals surface area (Å²) in [7, 11) is 0. The van der Waals surface area contributed by atoms with E-state index in [0.29, 0.717) is 10.8 Å². The smallest absolute Gasteiger partial charge is 0.247 e. The van der Waals surface area contributed by atoms with Crippen LogP contribution in [0.2, 0.25) is 0 Å². The second-order valence-corrected chi connectivity index (χ2v) is 8.53. The molecule has 2 aliphatic rings. The number of fused-ring (bicyclic) bond motifs is 3. The van der Waals surface area contributed by atoms with E-state index in [0.717, 1.165) is 49.9 Å². The van der Waals surface area contributed by atoms with Crippen LogP contribution in [0.4, 0.5) is 10.1 Å². The molecule has 0 spiro atoms. The number of hydrogen-bond donors (Lipinski definition) is 0. The molecule has 1 unspecified atom stereocenters. The van der Waals surface area contributed by atoms with Gasteiger partial charge in [-0.05, 0) is 29.7 Å². The first-order chi connectivity index (χ1) is 15.1. The quantitative estimate of drug-likeness (QED) is 0.400. The second kappa shape index (κ2) is 6.68. The molecule has 1 aliphatic carbocycles. The zero-order chi connectivity index (χ0) is 21.1. The molecule has 1 fully saturated rings. The fourth-order valence-corrected chi connectivity index (χ4v) is 5.07. The Morgan fingerprint density at radius 1 is 0.903 bits per heavy atom. The van der Waals surface area contributed by atoms with Gasteiger partial charge in [0.05, 0.1) is 5.69 Å². The number of hydrogen-bond acceptors (Lipinski definition) is 6. The van der Waals surface area contributed by atoms with Crippen LogP contribution in [-0.4, -0.2) is 32.2 Å². The molecule has 1 aliphatic heterocycles. The molecule has 2 heterocycles. The Kier molecular flexibility index (Phi) is 3.91. The molecule has 150 valence electrons. The normalized spacial score (nSPS) is 16.9. The highest BCUT2D eigenvalue weighted by Crippen LogP contribution is 2.45. The Morgan fingerprint density at radius 3 is 2.35 bits per heavy atom. The maximum Gasteiger partial charge on any atom is 0.247 e. The van der Waals surface area contributed by atoms with Crippen molar-refractivity contribution in [1.82, 2.24) is 15.2 Å². The summed E-state index contributed by atoms with van der Waals surface area (Å²) in [4.78, 5) is 31.1. The van der Waals surface area contributed by atoms with Gasteiger partial charge in [-0.15, -0.1) is 10.2 Å². The molecule has 6 nitrogen and oxygen atoms in total. The standard InChI is InChI=1S/C23H13FN4O2S/c24-13-7-9-14(10-8-13)28-18(29)11-17(22(28)30)31-23-25-20-15-5-1-3-12-4-2-6-16(19(12)15)21(20)26-27-23/h1-10,17H,11H2. The highest BCUT2D eigenvalue weighted by atomic mass is 32.2. The Bertz CT molecular complexity index is 1400. The van der Waals surface area contributed by atoms with E-state index >= 15 is 0 Å². The van der Waals surface area contributed by atoms with E-state index in [1.165, 1.54) is 24.3 Å². The van der Waals surface area contributed by atoms with Crippen molar-refractivity contribution in [1.29, 1.82) is 0 Å². The van der Waals surface area contributed by atoms with Crippen LogP contribution in [0.15, 0.2) is 65.8 Å². The summed E-state index contributed by atoms with van der Waals surface area (Å²) >= 11 is 1.13. The molecule has 0 N–H and O–H groups in total. The van der Waals surface area contributed by atoms with Crippen molar-refractivity contribution in [3.05, 3.63) is 66.5 Å². The van der Waals surface area contributed by atoms with Gasteiger partial charge in [0.1, 0.15) is 22.5 Å². The number of halogens is 1. The molecule has 3 aromatic carbocycles. The molecule has 4 aromatic rings. The molecule has 1 atom stereocenters. The first-order valence-corrected chi connectivity index (χ1v) is 10.5. The van der Waals surface area contributed by atoms with Crippen molar-refractivity contribution in [2.24, 2.45) is 0 Å². The van der Waals surface area contributed by atoms with Crippen molar-refractivity contribution in [3.63, 3.8) is 0 Å². The molecule has 0 saturated carbocycles. The van der Waals surface area contributed by atoms with Crippen LogP contribution in [-0.2, 0) is 9.59 Å². The highest BCUT2D eigenvalue weighted by molar-refractivity contribution is 8.00. The van der Waals surface area contributed by atoms with Crippen molar-refractivity contribution < 1.29 is 14.0 Å². The van der Waals surface area contributed by atoms with Crippen LogP contribution in [0.5, 0.6) is 0 Å². The van der Waals surface area contributed by atoms with Crippen LogP contribution in [0.25, 0.3) is 33.3 Å². The lowest BCUT2D eigenvalue weighted by molar-refractivity contribution is -0.121. The van der Waals surface area contributed by atoms with E-state index < -0.39 is 11.1 Å². The Labute approximate surface area is 180 Å². The molecule has 0 radical (unpaired) electrons. The Hall–Kier alpha value is -3.65. The minimum absolute atomic E-state index is 0.0249. The fraction of sp³-hybridized carbons (Fsp3) is 0.0870. The van der Waals surface area contributed by atoms with E-state index in [1.54, 1.807) is 0 Å². The molecule has 2 amide bonds. The first-order valence-electron chi connectivity index (χ1n) is 9.66. The fourth-order valence-electron chi connectivity index (χ4n) is 4.15. The average molecular weight is 428 g/mol. The minimum Gasteiger partial charge on any atom is -0.274 e. The van der Waals surface area contributed by atoms with Crippen molar-refractivity contribution in [3.8, 4) is 22.5 Å². The number of nitrogens with zero attached hydrogens (tertiary/aromatic N) is 4. The number of anilines is 1. The summed E-state index contributed by atoms with van der Waals surface area (Å²) in [5.41, 5.74) is 3.79. The van der Waals surface area contributed by atoms with Gasteiger partial charge >= 0.3 is 0 Å². The van der Waals surface area contributed by atoms with Gasteiger partial charge in [0.15, 0.2) is 0 Å². The lowest BCUT2D eigenvalue weighted by atomic mass is 10.0. The molecule has 1 aromatic heterocycles. The van der Waals surface area contributed by atoms with E-state index in [1.807, 2.05) is 36.4 Å². The summed E-state index contributed by atoms with van der Waals surface area (Å²) in [6.07, 6.45) is 0.0249. The minimum atomic E-state index is -0.656. The number of amides is 2. The number of carbonyl (C=O) groups is 2. The van der Waals surface area contributed by atoms with Gasteiger partial charge in [-0.25, -0.2) is 14.3 Å². The third kappa shape index (κ3) is 2.75. The lowest BCUT2D eigenvalue weighted by Gasteiger charge is -2.14. The molecule has 1 saturated heterocycles. The summed E-state index contributed by atoms with van der Waals surface area (Å²) in [5.74, 6) is -1.13. The number of rotatable bonds is 3. The van der Waals surface area contributed by atoms with Gasteiger partial charge in [-0.2, -0.15) is 0 Å². The number of thioether (sulfide) groups is 1. The molecular formula is C23H13FN4O2S. The highest BCUT2D eigenvalue weighted by Gasteiger charge is 2.41. The largest absolute Gasteiger partial charge is 0.274 e. The van der Waals surface area contributed by atoms with Gasteiger partial charge in [-0.3, -0.25) is 9.59 Å². The Balaban J connectivity index is 1.32. The second-order valence-electron chi connectivity index (χ2n) is 7.36. The van der Waals surface area contributed by atoms with Crippen LogP contribution in [0, 0.1) is 5.82 Å². The molecule has 0 bridgehead atoms. The zero-order valence-electron chi connectivity index (χ0n) is 15.9. The number of imide groups is 1. The van der Waals surface area contributed by atoms with E-state index in [-0.39, 0.29) is 18.2 Å². The maximum absolute atomic E-state index is 13.2. The van der Waals surface area contributed by atoms with Crippen molar-refractivity contribution in [2.45, 2.75) is 16.8 Å². The van der Waals surface area contributed by atoms with Crippen LogP contribution < -0.4 is 4.90 Å². The van der Waals surface area contributed by atoms with E-state index in [2.05, 4.69) is 15.2 Å². The summed E-state index contributed by atoms with van der Waals surface area (Å²) in [5, 5.41) is 10.5. The van der Waals surface area contributed by atoms with Gasteiger partial charge in [0.25, 0.3) is 0 Å². The van der Waals surface area contributed by atoms with E-state index in [9.17, 15) is 14.0 Å². The molecule has 31 heavy (non-hydrogen) atoms. The third-order valence-corrected chi connectivity index (χ3v) is 6.56. The van der Waals surface area contributed by atoms with Crippen molar-refractivity contribution in [2.75, 3.05) is 4.90 Å². The number of aromatic nitrogens is 3. The van der Waals surface area contributed by atoms with Gasteiger partial charge < -0.3 is 0 Å². The van der Waals surface area contributed by atoms with Crippen molar-refractivity contribution >= 4 is 40.0 Å². The van der Waals surface area contributed by atoms with Gasteiger partial charge in [0, 0.05) is 22.9 Å². The molecule has 8 heteroatoms. The van der Waals surface area contributed by atoms with Gasteiger partial charge in [0.2, 0.25) is 17.0 Å².